The molecular formula is C17H16FNO2. The van der Waals surface area contributed by atoms with E-state index < -0.39 is 0 Å². The van der Waals surface area contributed by atoms with Crippen molar-refractivity contribution in [3.8, 4) is 5.75 Å². The van der Waals surface area contributed by atoms with Crippen LogP contribution in [0.4, 0.5) is 10.1 Å². The molecule has 3 rings (SSSR count). The molecule has 2 aromatic carbocycles. The molecule has 1 atom stereocenters. The van der Waals surface area contributed by atoms with E-state index in [0.29, 0.717) is 0 Å². The number of nitrogens with one attached hydrogen (secondary N) is 1. The zero-order valence-electron chi connectivity index (χ0n) is 11.9. The maximum Gasteiger partial charge on any atom is 0.165 e. The highest BCUT2D eigenvalue weighted by Gasteiger charge is 2.12. The predicted octanol–water partition coefficient (Wildman–Crippen LogP) is 4.75. The monoisotopic (exact) mass is 285 g/mol. The molecule has 0 fully saturated rings. The van der Waals surface area contributed by atoms with Crippen molar-refractivity contribution in [2.75, 3.05) is 12.4 Å². The second-order valence-corrected chi connectivity index (χ2v) is 4.90. The molecule has 0 saturated carbocycles. The van der Waals surface area contributed by atoms with Gasteiger partial charge in [0, 0.05) is 17.1 Å². The molecule has 1 heterocycles. The summed E-state index contributed by atoms with van der Waals surface area (Å²) in [7, 11) is 1.45. The predicted molar refractivity (Wildman–Crippen MR) is 81.2 cm³/mol. The van der Waals surface area contributed by atoms with E-state index in [9.17, 15) is 4.39 Å². The van der Waals surface area contributed by atoms with Gasteiger partial charge >= 0.3 is 0 Å². The smallest absolute Gasteiger partial charge is 0.165 e. The van der Waals surface area contributed by atoms with E-state index >= 15 is 0 Å². The number of rotatable bonds is 4. The lowest BCUT2D eigenvalue weighted by Gasteiger charge is -2.13. The number of fused-ring (bicyclic) bond motifs is 1. The summed E-state index contributed by atoms with van der Waals surface area (Å²) in [6.45, 7) is 1.99. The van der Waals surface area contributed by atoms with E-state index in [1.165, 1.54) is 13.2 Å². The molecule has 0 bridgehead atoms. The topological polar surface area (TPSA) is 34.4 Å². The van der Waals surface area contributed by atoms with Crippen LogP contribution in [0.25, 0.3) is 11.0 Å². The number of ether oxygens (including phenoxy) is 1. The van der Waals surface area contributed by atoms with Crippen molar-refractivity contribution in [3.05, 3.63) is 60.1 Å². The van der Waals surface area contributed by atoms with Gasteiger partial charge in [-0.1, -0.05) is 18.2 Å². The molecule has 0 aliphatic heterocycles. The number of hydrogen-bond acceptors (Lipinski definition) is 3. The zero-order chi connectivity index (χ0) is 14.8. The van der Waals surface area contributed by atoms with E-state index in [4.69, 9.17) is 9.15 Å². The van der Waals surface area contributed by atoms with Crippen molar-refractivity contribution in [1.82, 2.24) is 0 Å². The standard InChI is InChI=1S/C17H16FNO2/c1-11(16-9-12-5-3-4-6-15(12)21-16)19-13-7-8-14(18)17(10-13)20-2/h3-11,19H,1-2H3. The Labute approximate surface area is 122 Å². The maximum atomic E-state index is 13.4. The van der Waals surface area contributed by atoms with Crippen LogP contribution in [0.3, 0.4) is 0 Å². The van der Waals surface area contributed by atoms with Gasteiger partial charge in [0.2, 0.25) is 0 Å². The fourth-order valence-corrected chi connectivity index (χ4v) is 2.29. The number of anilines is 1. The summed E-state index contributed by atoms with van der Waals surface area (Å²) >= 11 is 0. The number of methoxy groups -OCH3 is 1. The minimum atomic E-state index is -0.376. The highest BCUT2D eigenvalue weighted by atomic mass is 19.1. The van der Waals surface area contributed by atoms with Gasteiger partial charge in [0.1, 0.15) is 11.3 Å². The molecule has 3 nitrogen and oxygen atoms in total. The quantitative estimate of drug-likeness (QED) is 0.751. The van der Waals surface area contributed by atoms with Crippen LogP contribution in [-0.2, 0) is 0 Å². The molecule has 0 aliphatic rings. The molecule has 1 aromatic heterocycles. The Bertz CT molecular complexity index is 733. The first-order valence-corrected chi connectivity index (χ1v) is 6.76. The largest absolute Gasteiger partial charge is 0.494 e. The minimum Gasteiger partial charge on any atom is -0.494 e. The summed E-state index contributed by atoms with van der Waals surface area (Å²) in [5, 5.41) is 4.35. The SMILES string of the molecule is COc1cc(NC(C)c2cc3ccccc3o2)ccc1F. The third kappa shape index (κ3) is 2.70. The summed E-state index contributed by atoms with van der Waals surface area (Å²) in [5.41, 5.74) is 1.64. The fraction of sp³-hybridized carbons (Fsp3) is 0.176. The van der Waals surface area contributed by atoms with Crippen molar-refractivity contribution in [2.24, 2.45) is 0 Å². The van der Waals surface area contributed by atoms with Crippen LogP contribution in [0.15, 0.2) is 52.9 Å². The Morgan fingerprint density at radius 1 is 1.14 bits per heavy atom. The molecule has 0 amide bonds. The molecular weight excluding hydrogens is 269 g/mol. The lowest BCUT2D eigenvalue weighted by molar-refractivity contribution is 0.386. The van der Waals surface area contributed by atoms with E-state index in [2.05, 4.69) is 5.32 Å². The van der Waals surface area contributed by atoms with Crippen molar-refractivity contribution in [3.63, 3.8) is 0 Å². The van der Waals surface area contributed by atoms with Gasteiger partial charge in [0.25, 0.3) is 0 Å². The van der Waals surface area contributed by atoms with E-state index in [-0.39, 0.29) is 17.6 Å². The first kappa shape index (κ1) is 13.5. The molecule has 4 heteroatoms. The highest BCUT2D eigenvalue weighted by Crippen LogP contribution is 2.28. The summed E-state index contributed by atoms with van der Waals surface area (Å²) in [6.07, 6.45) is 0. The van der Waals surface area contributed by atoms with Gasteiger partial charge in [-0.15, -0.1) is 0 Å². The van der Waals surface area contributed by atoms with Crippen LogP contribution in [0.2, 0.25) is 0 Å². The molecule has 0 aliphatic carbocycles. The molecule has 0 spiro atoms. The number of halogens is 1. The molecule has 1 N–H and O–H groups in total. The first-order chi connectivity index (χ1) is 10.2. The molecule has 0 saturated heterocycles. The number of furan rings is 1. The van der Waals surface area contributed by atoms with Crippen molar-refractivity contribution in [1.29, 1.82) is 0 Å². The van der Waals surface area contributed by atoms with Crippen LogP contribution >= 0.6 is 0 Å². The Kier molecular flexibility index (Phi) is 3.52. The van der Waals surface area contributed by atoms with Crippen LogP contribution < -0.4 is 10.1 Å². The van der Waals surface area contributed by atoms with E-state index in [0.717, 1.165) is 22.4 Å². The van der Waals surface area contributed by atoms with Gasteiger partial charge in [-0.2, -0.15) is 0 Å². The minimum absolute atomic E-state index is 0.0347. The van der Waals surface area contributed by atoms with E-state index in [1.54, 1.807) is 12.1 Å². The summed E-state index contributed by atoms with van der Waals surface area (Å²) in [6, 6.07) is 14.5. The average molecular weight is 285 g/mol. The number of hydrogen-bond donors (Lipinski definition) is 1. The highest BCUT2D eigenvalue weighted by molar-refractivity contribution is 5.77. The van der Waals surface area contributed by atoms with E-state index in [1.807, 2.05) is 37.3 Å². The van der Waals surface area contributed by atoms with Crippen LogP contribution in [0, 0.1) is 5.82 Å². The van der Waals surface area contributed by atoms with Crippen LogP contribution in [0.5, 0.6) is 5.75 Å². The second kappa shape index (κ2) is 5.48. The summed E-state index contributed by atoms with van der Waals surface area (Å²) in [5.74, 6) is 0.677. The van der Waals surface area contributed by atoms with Crippen molar-refractivity contribution in [2.45, 2.75) is 13.0 Å². The number of benzene rings is 2. The normalized spacial score (nSPS) is 12.3. The molecule has 3 aromatic rings. The van der Waals surface area contributed by atoms with Crippen LogP contribution in [0.1, 0.15) is 18.7 Å². The molecule has 1 unspecified atom stereocenters. The third-order valence-corrected chi connectivity index (χ3v) is 3.41. The van der Waals surface area contributed by atoms with Crippen molar-refractivity contribution >= 4 is 16.7 Å². The second-order valence-electron chi connectivity index (χ2n) is 4.90. The van der Waals surface area contributed by atoms with Gasteiger partial charge in [0.05, 0.1) is 13.2 Å². The van der Waals surface area contributed by atoms with Gasteiger partial charge < -0.3 is 14.5 Å². The zero-order valence-corrected chi connectivity index (χ0v) is 11.9. The average Bonchev–Trinajstić information content (AvgIpc) is 2.93. The van der Waals surface area contributed by atoms with Gasteiger partial charge in [-0.3, -0.25) is 0 Å². The van der Waals surface area contributed by atoms with Crippen LogP contribution in [-0.4, -0.2) is 7.11 Å². The Morgan fingerprint density at radius 2 is 1.95 bits per heavy atom. The fourth-order valence-electron chi connectivity index (χ4n) is 2.29. The number of para-hydroxylation sites is 1. The van der Waals surface area contributed by atoms with Gasteiger partial charge in [0.15, 0.2) is 11.6 Å². The summed E-state index contributed by atoms with van der Waals surface area (Å²) < 4.78 is 24.2. The Morgan fingerprint density at radius 3 is 2.71 bits per heavy atom. The lowest BCUT2D eigenvalue weighted by Crippen LogP contribution is -2.05. The Hall–Kier alpha value is -2.49. The molecule has 108 valence electrons. The van der Waals surface area contributed by atoms with Crippen molar-refractivity contribution < 1.29 is 13.5 Å². The third-order valence-electron chi connectivity index (χ3n) is 3.41. The molecule has 0 radical (unpaired) electrons. The first-order valence-electron chi connectivity index (χ1n) is 6.76. The molecule has 21 heavy (non-hydrogen) atoms. The van der Waals surface area contributed by atoms with Gasteiger partial charge in [-0.05, 0) is 31.2 Å². The Balaban J connectivity index is 1.83. The maximum absolute atomic E-state index is 13.4. The van der Waals surface area contributed by atoms with Gasteiger partial charge in [-0.25, -0.2) is 4.39 Å². The lowest BCUT2D eigenvalue weighted by atomic mass is 10.2. The summed E-state index contributed by atoms with van der Waals surface area (Å²) in [4.78, 5) is 0.